The second-order valence-corrected chi connectivity index (χ2v) is 5.79. The number of nitrogens with one attached hydrogen (secondary N) is 2. The van der Waals surface area contributed by atoms with Gasteiger partial charge in [0.25, 0.3) is 0 Å². The summed E-state index contributed by atoms with van der Waals surface area (Å²) in [5.74, 6) is 1.00. The van der Waals surface area contributed by atoms with Crippen molar-refractivity contribution < 1.29 is 4.79 Å². The maximum absolute atomic E-state index is 12.1. The Hall–Kier alpha value is -1.35. The molecular formula is C17H26N2O. The standard InChI is InChI=1S/C17H26N2O/c1-3-13(2)15-6-4-14(5-7-15)12-19-17(20)16-8-10-18-11-9-16/h4-7,13,16,18H,3,8-12H2,1-2H3,(H,19,20). The molecule has 0 saturated carbocycles. The summed E-state index contributed by atoms with van der Waals surface area (Å²) >= 11 is 0. The maximum atomic E-state index is 12.1. The minimum Gasteiger partial charge on any atom is -0.352 e. The van der Waals surface area contributed by atoms with Crippen molar-refractivity contribution >= 4 is 5.91 Å². The Labute approximate surface area is 122 Å². The summed E-state index contributed by atoms with van der Waals surface area (Å²) in [6, 6.07) is 8.62. The predicted octanol–water partition coefficient (Wildman–Crippen LogP) is 2.82. The van der Waals surface area contributed by atoms with Gasteiger partial charge in [-0.3, -0.25) is 4.79 Å². The molecule has 1 unspecified atom stereocenters. The van der Waals surface area contributed by atoms with E-state index in [4.69, 9.17) is 0 Å². The largest absolute Gasteiger partial charge is 0.352 e. The molecule has 20 heavy (non-hydrogen) atoms. The van der Waals surface area contributed by atoms with Crippen LogP contribution in [0.15, 0.2) is 24.3 Å². The quantitative estimate of drug-likeness (QED) is 0.867. The van der Waals surface area contributed by atoms with Crippen LogP contribution in [-0.4, -0.2) is 19.0 Å². The van der Waals surface area contributed by atoms with Gasteiger partial charge in [0, 0.05) is 12.5 Å². The highest BCUT2D eigenvalue weighted by Gasteiger charge is 2.20. The van der Waals surface area contributed by atoms with Crippen LogP contribution in [0.1, 0.15) is 50.2 Å². The fraction of sp³-hybridized carbons (Fsp3) is 0.588. The fourth-order valence-corrected chi connectivity index (χ4v) is 2.62. The molecule has 0 aromatic heterocycles. The first-order valence-corrected chi connectivity index (χ1v) is 7.78. The fourth-order valence-electron chi connectivity index (χ4n) is 2.62. The molecule has 1 aliphatic rings. The highest BCUT2D eigenvalue weighted by Crippen LogP contribution is 2.19. The number of carbonyl (C=O) groups is 1. The zero-order valence-corrected chi connectivity index (χ0v) is 12.6. The Balaban J connectivity index is 1.82. The smallest absolute Gasteiger partial charge is 0.223 e. The molecule has 0 radical (unpaired) electrons. The van der Waals surface area contributed by atoms with E-state index in [2.05, 4.69) is 48.7 Å². The molecule has 1 atom stereocenters. The molecule has 1 aliphatic heterocycles. The Morgan fingerprint density at radius 3 is 2.55 bits per heavy atom. The van der Waals surface area contributed by atoms with Gasteiger partial charge in [-0.05, 0) is 49.4 Å². The van der Waals surface area contributed by atoms with Crippen molar-refractivity contribution in [3.63, 3.8) is 0 Å². The molecule has 3 nitrogen and oxygen atoms in total. The number of rotatable bonds is 5. The van der Waals surface area contributed by atoms with E-state index in [0.29, 0.717) is 12.5 Å². The molecule has 1 amide bonds. The van der Waals surface area contributed by atoms with E-state index in [1.165, 1.54) is 11.1 Å². The number of benzene rings is 1. The van der Waals surface area contributed by atoms with E-state index in [1.807, 2.05) is 0 Å². The first-order valence-electron chi connectivity index (χ1n) is 7.78. The Bertz CT molecular complexity index is 421. The van der Waals surface area contributed by atoms with Crippen molar-refractivity contribution in [1.82, 2.24) is 10.6 Å². The van der Waals surface area contributed by atoms with Gasteiger partial charge in [-0.1, -0.05) is 38.1 Å². The Morgan fingerprint density at radius 2 is 1.95 bits per heavy atom. The van der Waals surface area contributed by atoms with Crippen LogP contribution in [0.4, 0.5) is 0 Å². The maximum Gasteiger partial charge on any atom is 0.223 e. The molecular weight excluding hydrogens is 248 g/mol. The summed E-state index contributed by atoms with van der Waals surface area (Å²) in [5, 5.41) is 6.35. The van der Waals surface area contributed by atoms with Crippen molar-refractivity contribution in [1.29, 1.82) is 0 Å². The van der Waals surface area contributed by atoms with E-state index in [1.54, 1.807) is 0 Å². The van der Waals surface area contributed by atoms with Crippen molar-refractivity contribution in [3.05, 3.63) is 35.4 Å². The van der Waals surface area contributed by atoms with Gasteiger partial charge in [-0.25, -0.2) is 0 Å². The molecule has 0 spiro atoms. The third kappa shape index (κ3) is 4.07. The third-order valence-electron chi connectivity index (χ3n) is 4.34. The Morgan fingerprint density at radius 1 is 1.30 bits per heavy atom. The molecule has 1 fully saturated rings. The summed E-state index contributed by atoms with van der Waals surface area (Å²) in [5.41, 5.74) is 2.56. The third-order valence-corrected chi connectivity index (χ3v) is 4.34. The van der Waals surface area contributed by atoms with Gasteiger partial charge < -0.3 is 10.6 Å². The van der Waals surface area contributed by atoms with Gasteiger partial charge in [-0.2, -0.15) is 0 Å². The highest BCUT2D eigenvalue weighted by atomic mass is 16.1. The summed E-state index contributed by atoms with van der Waals surface area (Å²) in [7, 11) is 0. The second kappa shape index (κ2) is 7.44. The highest BCUT2D eigenvalue weighted by molar-refractivity contribution is 5.78. The summed E-state index contributed by atoms with van der Waals surface area (Å²) < 4.78 is 0. The van der Waals surface area contributed by atoms with E-state index in [9.17, 15) is 4.79 Å². The molecule has 1 aromatic rings. The molecule has 2 rings (SSSR count). The Kier molecular flexibility index (Phi) is 5.60. The molecule has 2 N–H and O–H groups in total. The molecule has 1 aromatic carbocycles. The lowest BCUT2D eigenvalue weighted by atomic mass is 9.96. The van der Waals surface area contributed by atoms with Gasteiger partial charge in [0.1, 0.15) is 0 Å². The first-order chi connectivity index (χ1) is 9.70. The number of amides is 1. The molecule has 0 bridgehead atoms. The molecule has 1 saturated heterocycles. The number of hydrogen-bond acceptors (Lipinski definition) is 2. The van der Waals surface area contributed by atoms with Gasteiger partial charge in [-0.15, -0.1) is 0 Å². The zero-order valence-electron chi connectivity index (χ0n) is 12.6. The number of piperidine rings is 1. The van der Waals surface area contributed by atoms with Crippen LogP contribution in [0.3, 0.4) is 0 Å². The van der Waals surface area contributed by atoms with E-state index < -0.39 is 0 Å². The van der Waals surface area contributed by atoms with Crippen LogP contribution in [0, 0.1) is 5.92 Å². The van der Waals surface area contributed by atoms with Crippen molar-refractivity contribution in [2.75, 3.05) is 13.1 Å². The van der Waals surface area contributed by atoms with Crippen LogP contribution in [-0.2, 0) is 11.3 Å². The lowest BCUT2D eigenvalue weighted by Crippen LogP contribution is -2.37. The summed E-state index contributed by atoms with van der Waals surface area (Å²) in [6.07, 6.45) is 3.07. The average molecular weight is 274 g/mol. The number of hydrogen-bond donors (Lipinski definition) is 2. The van der Waals surface area contributed by atoms with Crippen molar-refractivity contribution in [3.8, 4) is 0 Å². The van der Waals surface area contributed by atoms with E-state index in [0.717, 1.165) is 32.4 Å². The lowest BCUT2D eigenvalue weighted by Gasteiger charge is -2.21. The molecule has 3 heteroatoms. The van der Waals surface area contributed by atoms with E-state index >= 15 is 0 Å². The zero-order chi connectivity index (χ0) is 14.4. The monoisotopic (exact) mass is 274 g/mol. The van der Waals surface area contributed by atoms with Gasteiger partial charge in [0.05, 0.1) is 0 Å². The summed E-state index contributed by atoms with van der Waals surface area (Å²) in [4.78, 5) is 12.1. The minimum atomic E-state index is 0.190. The molecule has 110 valence electrons. The van der Waals surface area contributed by atoms with Crippen LogP contribution >= 0.6 is 0 Å². The summed E-state index contributed by atoms with van der Waals surface area (Å²) in [6.45, 7) is 7.01. The van der Waals surface area contributed by atoms with E-state index in [-0.39, 0.29) is 11.8 Å². The van der Waals surface area contributed by atoms with Crippen molar-refractivity contribution in [2.45, 2.75) is 45.6 Å². The first kappa shape index (κ1) is 15.0. The average Bonchev–Trinajstić information content (AvgIpc) is 2.53. The van der Waals surface area contributed by atoms with Crippen molar-refractivity contribution in [2.24, 2.45) is 5.92 Å². The number of carbonyl (C=O) groups excluding carboxylic acids is 1. The molecule has 0 aliphatic carbocycles. The van der Waals surface area contributed by atoms with Crippen LogP contribution in [0.5, 0.6) is 0 Å². The van der Waals surface area contributed by atoms with Gasteiger partial charge in [0.15, 0.2) is 0 Å². The van der Waals surface area contributed by atoms with Crippen LogP contribution < -0.4 is 10.6 Å². The second-order valence-electron chi connectivity index (χ2n) is 5.79. The SMILES string of the molecule is CCC(C)c1ccc(CNC(=O)C2CCNCC2)cc1. The van der Waals surface area contributed by atoms with Gasteiger partial charge in [0.2, 0.25) is 5.91 Å². The predicted molar refractivity (Wildman–Crippen MR) is 82.6 cm³/mol. The minimum absolute atomic E-state index is 0.190. The van der Waals surface area contributed by atoms with Crippen LogP contribution in [0.2, 0.25) is 0 Å². The van der Waals surface area contributed by atoms with Gasteiger partial charge >= 0.3 is 0 Å². The normalized spacial score (nSPS) is 17.7. The topological polar surface area (TPSA) is 41.1 Å². The molecule has 1 heterocycles. The van der Waals surface area contributed by atoms with Crippen LogP contribution in [0.25, 0.3) is 0 Å². The lowest BCUT2D eigenvalue weighted by molar-refractivity contribution is -0.125.